The summed E-state index contributed by atoms with van der Waals surface area (Å²) >= 11 is 0. The first-order chi connectivity index (χ1) is 16.1. The van der Waals surface area contributed by atoms with Crippen LogP contribution in [0.4, 0.5) is 5.69 Å². The van der Waals surface area contributed by atoms with Crippen molar-refractivity contribution in [2.75, 3.05) is 19.0 Å². The summed E-state index contributed by atoms with van der Waals surface area (Å²) in [7, 11) is 1.58. The predicted molar refractivity (Wildman–Crippen MR) is 129 cm³/mol. The number of anilines is 1. The second-order valence-corrected chi connectivity index (χ2v) is 8.25. The molecule has 0 atom stereocenters. The Morgan fingerprint density at radius 1 is 1.15 bits per heavy atom. The number of allylic oxidation sites excluding steroid dienone is 1. The van der Waals surface area contributed by atoms with Gasteiger partial charge in [0, 0.05) is 24.2 Å². The summed E-state index contributed by atoms with van der Waals surface area (Å²) in [6.45, 7) is 6.52. The molecule has 0 radical (unpaired) electrons. The number of aryl methyl sites for hydroxylation is 2. The minimum absolute atomic E-state index is 0.124. The molecule has 4 rings (SSSR count). The summed E-state index contributed by atoms with van der Waals surface area (Å²) in [5.41, 5.74) is 3.71. The fourth-order valence-electron chi connectivity index (χ4n) is 4.05. The lowest BCUT2D eigenvalue weighted by molar-refractivity contribution is -0.118. The number of fused-ring (bicyclic) bond motifs is 1. The fourth-order valence-corrected chi connectivity index (χ4v) is 4.05. The van der Waals surface area contributed by atoms with Crippen molar-refractivity contribution >= 4 is 11.6 Å². The topological polar surface area (TPSA) is 78.3 Å². The van der Waals surface area contributed by atoms with E-state index < -0.39 is 0 Å². The van der Waals surface area contributed by atoms with Crippen molar-refractivity contribution < 1.29 is 14.3 Å². The SMILES string of the molecule is C=CCc1ccc(OCC(=O)Nc2cc(-c3nnc4n3CCCCC4)ccc2C)c(OC)c1. The number of ether oxygens (including phenoxy) is 2. The van der Waals surface area contributed by atoms with Gasteiger partial charge in [0.15, 0.2) is 23.9 Å². The lowest BCUT2D eigenvalue weighted by Gasteiger charge is -2.14. The molecule has 1 N–H and O–H groups in total. The van der Waals surface area contributed by atoms with E-state index in [0.717, 1.165) is 66.3 Å². The largest absolute Gasteiger partial charge is 0.493 e. The lowest BCUT2D eigenvalue weighted by atomic mass is 10.1. The number of rotatable bonds is 8. The Morgan fingerprint density at radius 2 is 2.03 bits per heavy atom. The van der Waals surface area contributed by atoms with Gasteiger partial charge in [-0.3, -0.25) is 4.79 Å². The van der Waals surface area contributed by atoms with Crippen molar-refractivity contribution in [3.8, 4) is 22.9 Å². The molecule has 0 spiro atoms. The van der Waals surface area contributed by atoms with Crippen LogP contribution in [-0.2, 0) is 24.2 Å². The number of nitrogens with zero attached hydrogens (tertiary/aromatic N) is 3. The van der Waals surface area contributed by atoms with Gasteiger partial charge >= 0.3 is 0 Å². The summed E-state index contributed by atoms with van der Waals surface area (Å²) in [6.07, 6.45) is 7.01. The molecule has 7 heteroatoms. The minimum Gasteiger partial charge on any atom is -0.493 e. The van der Waals surface area contributed by atoms with Gasteiger partial charge in [-0.15, -0.1) is 16.8 Å². The van der Waals surface area contributed by atoms with Crippen LogP contribution < -0.4 is 14.8 Å². The van der Waals surface area contributed by atoms with E-state index in [0.29, 0.717) is 11.5 Å². The quantitative estimate of drug-likeness (QED) is 0.506. The zero-order chi connectivity index (χ0) is 23.2. The van der Waals surface area contributed by atoms with Crippen molar-refractivity contribution in [3.63, 3.8) is 0 Å². The van der Waals surface area contributed by atoms with Crippen LogP contribution in [0.15, 0.2) is 49.1 Å². The maximum absolute atomic E-state index is 12.7. The predicted octanol–water partition coefficient (Wildman–Crippen LogP) is 4.73. The van der Waals surface area contributed by atoms with Gasteiger partial charge in [0.1, 0.15) is 5.82 Å². The third kappa shape index (κ3) is 5.25. The number of amides is 1. The van der Waals surface area contributed by atoms with E-state index in [4.69, 9.17) is 9.47 Å². The number of carbonyl (C=O) groups excluding carboxylic acids is 1. The average Bonchev–Trinajstić information content (AvgIpc) is 3.07. The molecule has 33 heavy (non-hydrogen) atoms. The molecule has 0 aliphatic carbocycles. The van der Waals surface area contributed by atoms with Crippen LogP contribution in [0.5, 0.6) is 11.5 Å². The summed E-state index contributed by atoms with van der Waals surface area (Å²) in [5, 5.41) is 11.8. The molecule has 0 saturated heterocycles. The first-order valence-corrected chi connectivity index (χ1v) is 11.3. The summed E-state index contributed by atoms with van der Waals surface area (Å²) in [4.78, 5) is 12.7. The molecule has 172 valence electrons. The van der Waals surface area contributed by atoms with E-state index in [9.17, 15) is 4.79 Å². The van der Waals surface area contributed by atoms with Crippen LogP contribution in [-0.4, -0.2) is 34.4 Å². The second kappa shape index (κ2) is 10.3. The molecular formula is C26H30N4O3. The van der Waals surface area contributed by atoms with Crippen molar-refractivity contribution in [2.45, 2.75) is 45.6 Å². The van der Waals surface area contributed by atoms with Crippen LogP contribution >= 0.6 is 0 Å². The van der Waals surface area contributed by atoms with Gasteiger partial charge < -0.3 is 19.4 Å². The molecule has 1 amide bonds. The highest BCUT2D eigenvalue weighted by Gasteiger charge is 2.17. The first-order valence-electron chi connectivity index (χ1n) is 11.3. The minimum atomic E-state index is -0.243. The lowest BCUT2D eigenvalue weighted by Crippen LogP contribution is -2.21. The van der Waals surface area contributed by atoms with Crippen LogP contribution in [0, 0.1) is 6.92 Å². The standard InChI is InChI=1S/C26H30N4O3/c1-4-8-19-11-13-22(23(15-19)32-3)33-17-25(31)27-21-16-20(12-10-18(21)2)26-29-28-24-9-6-5-7-14-30(24)26/h4,10-13,15-16H,1,5-9,14,17H2,2-3H3,(H,27,31). The Balaban J connectivity index is 1.46. The maximum Gasteiger partial charge on any atom is 0.262 e. The zero-order valence-corrected chi connectivity index (χ0v) is 19.3. The van der Waals surface area contributed by atoms with Gasteiger partial charge in [0.25, 0.3) is 5.91 Å². The number of carbonyl (C=O) groups is 1. The third-order valence-electron chi connectivity index (χ3n) is 5.85. The Hall–Kier alpha value is -3.61. The van der Waals surface area contributed by atoms with Crippen LogP contribution in [0.3, 0.4) is 0 Å². The molecule has 1 aliphatic rings. The third-order valence-corrected chi connectivity index (χ3v) is 5.85. The Morgan fingerprint density at radius 3 is 2.85 bits per heavy atom. The van der Waals surface area contributed by atoms with Crippen molar-refractivity contribution in [1.29, 1.82) is 0 Å². The highest BCUT2D eigenvalue weighted by Crippen LogP contribution is 2.29. The van der Waals surface area contributed by atoms with E-state index in [-0.39, 0.29) is 12.5 Å². The molecule has 0 bridgehead atoms. The highest BCUT2D eigenvalue weighted by molar-refractivity contribution is 5.93. The first kappa shape index (κ1) is 22.6. The second-order valence-electron chi connectivity index (χ2n) is 8.25. The molecule has 3 aromatic rings. The van der Waals surface area contributed by atoms with Gasteiger partial charge in [-0.05, 0) is 55.5 Å². The molecule has 7 nitrogen and oxygen atoms in total. The van der Waals surface area contributed by atoms with Gasteiger partial charge in [-0.2, -0.15) is 0 Å². The Kier molecular flexibility index (Phi) is 7.07. The smallest absolute Gasteiger partial charge is 0.262 e. The number of hydrogen-bond acceptors (Lipinski definition) is 5. The Bertz CT molecular complexity index is 1150. The van der Waals surface area contributed by atoms with Gasteiger partial charge in [-0.1, -0.05) is 30.7 Å². The number of aromatic nitrogens is 3. The van der Waals surface area contributed by atoms with E-state index in [1.165, 1.54) is 6.42 Å². The highest BCUT2D eigenvalue weighted by atomic mass is 16.5. The van der Waals surface area contributed by atoms with E-state index in [1.54, 1.807) is 7.11 Å². The van der Waals surface area contributed by atoms with Crippen molar-refractivity contribution in [2.24, 2.45) is 0 Å². The van der Waals surface area contributed by atoms with Crippen LogP contribution in [0.2, 0.25) is 0 Å². The van der Waals surface area contributed by atoms with Gasteiger partial charge in [0.05, 0.1) is 7.11 Å². The summed E-state index contributed by atoms with van der Waals surface area (Å²) in [6, 6.07) is 11.6. The van der Waals surface area contributed by atoms with E-state index >= 15 is 0 Å². The van der Waals surface area contributed by atoms with Crippen molar-refractivity contribution in [3.05, 3.63) is 66.0 Å². The summed E-state index contributed by atoms with van der Waals surface area (Å²) < 4.78 is 13.3. The summed E-state index contributed by atoms with van der Waals surface area (Å²) in [5.74, 6) is 2.76. The fraction of sp³-hybridized carbons (Fsp3) is 0.346. The van der Waals surface area contributed by atoms with Crippen molar-refractivity contribution in [1.82, 2.24) is 14.8 Å². The monoisotopic (exact) mass is 446 g/mol. The number of methoxy groups -OCH3 is 1. The molecule has 0 unspecified atom stereocenters. The molecule has 2 heterocycles. The molecule has 1 aliphatic heterocycles. The number of hydrogen-bond donors (Lipinski definition) is 1. The zero-order valence-electron chi connectivity index (χ0n) is 19.3. The normalized spacial score (nSPS) is 13.0. The average molecular weight is 447 g/mol. The van der Waals surface area contributed by atoms with E-state index in [2.05, 4.69) is 26.7 Å². The van der Waals surface area contributed by atoms with Gasteiger partial charge in [-0.25, -0.2) is 0 Å². The Labute approximate surface area is 194 Å². The van der Waals surface area contributed by atoms with E-state index in [1.807, 2.05) is 49.4 Å². The van der Waals surface area contributed by atoms with Crippen LogP contribution in [0.1, 0.15) is 36.2 Å². The molecular weight excluding hydrogens is 416 g/mol. The number of nitrogens with one attached hydrogen (secondary N) is 1. The molecule has 2 aromatic carbocycles. The number of benzene rings is 2. The van der Waals surface area contributed by atoms with Gasteiger partial charge in [0.2, 0.25) is 0 Å². The van der Waals surface area contributed by atoms with Crippen LogP contribution in [0.25, 0.3) is 11.4 Å². The molecule has 0 fully saturated rings. The molecule has 1 aromatic heterocycles. The maximum atomic E-state index is 12.7. The molecule has 0 saturated carbocycles.